The second-order valence-corrected chi connectivity index (χ2v) is 6.02. The molecular formula is C20H15ClN2O3. The van der Waals surface area contributed by atoms with Gasteiger partial charge >= 0.3 is 5.97 Å². The fourth-order valence-electron chi connectivity index (χ4n) is 2.75. The van der Waals surface area contributed by atoms with Crippen molar-refractivity contribution >= 4 is 28.5 Å². The number of carbonyl (C=O) groups excluding carboxylic acids is 1. The molecule has 3 aromatic rings. The number of esters is 1. The molecule has 0 fully saturated rings. The first-order chi connectivity index (χ1) is 12.5. The number of ether oxygens (including phenoxy) is 2. The molecule has 26 heavy (non-hydrogen) atoms. The molecule has 2 aromatic carbocycles. The van der Waals surface area contributed by atoms with Crippen LogP contribution < -0.4 is 4.74 Å². The number of para-hydroxylation sites is 1. The molecule has 130 valence electrons. The summed E-state index contributed by atoms with van der Waals surface area (Å²) in [5.74, 6) is -0.0561. The summed E-state index contributed by atoms with van der Waals surface area (Å²) >= 11 is 6.14. The maximum atomic E-state index is 12.3. The van der Waals surface area contributed by atoms with Gasteiger partial charge in [-0.3, -0.25) is 0 Å². The van der Waals surface area contributed by atoms with Gasteiger partial charge < -0.3 is 9.47 Å². The van der Waals surface area contributed by atoms with Crippen LogP contribution in [0.4, 0.5) is 0 Å². The first-order valence-electron chi connectivity index (χ1n) is 7.84. The molecule has 0 radical (unpaired) electrons. The molecule has 0 bridgehead atoms. The maximum Gasteiger partial charge on any atom is 0.340 e. The van der Waals surface area contributed by atoms with Crippen molar-refractivity contribution in [2.45, 2.75) is 13.5 Å². The third kappa shape index (κ3) is 3.32. The highest BCUT2D eigenvalue weighted by Crippen LogP contribution is 2.28. The number of fused-ring (bicyclic) bond motifs is 1. The molecule has 6 heteroatoms. The lowest BCUT2D eigenvalue weighted by atomic mass is 10.0. The second-order valence-electron chi connectivity index (χ2n) is 5.61. The number of hydrogen-bond donors (Lipinski definition) is 0. The molecule has 3 rings (SSSR count). The van der Waals surface area contributed by atoms with Gasteiger partial charge in [-0.2, -0.15) is 5.26 Å². The van der Waals surface area contributed by atoms with Gasteiger partial charge in [0.25, 0.3) is 0 Å². The van der Waals surface area contributed by atoms with Crippen LogP contribution in [0.3, 0.4) is 0 Å². The fourth-order valence-corrected chi connectivity index (χ4v) is 2.99. The third-order valence-electron chi connectivity index (χ3n) is 4.04. The minimum absolute atomic E-state index is 0.0434. The van der Waals surface area contributed by atoms with E-state index in [0.717, 1.165) is 16.5 Å². The van der Waals surface area contributed by atoms with E-state index in [2.05, 4.69) is 4.98 Å². The summed E-state index contributed by atoms with van der Waals surface area (Å²) in [7, 11) is 1.33. The molecular weight excluding hydrogens is 352 g/mol. The van der Waals surface area contributed by atoms with Crippen LogP contribution in [-0.4, -0.2) is 18.1 Å². The summed E-state index contributed by atoms with van der Waals surface area (Å²) in [4.78, 5) is 16.8. The second kappa shape index (κ2) is 7.42. The van der Waals surface area contributed by atoms with Crippen molar-refractivity contribution in [1.29, 1.82) is 5.26 Å². The van der Waals surface area contributed by atoms with Crippen LogP contribution in [0.2, 0.25) is 5.02 Å². The SMILES string of the molecule is COC(=O)c1c(COc2ccc(C#N)cc2Cl)nc2ccccc2c1C. The lowest BCUT2D eigenvalue weighted by Crippen LogP contribution is -2.13. The molecule has 1 aromatic heterocycles. The van der Waals surface area contributed by atoms with E-state index in [4.69, 9.17) is 26.3 Å². The summed E-state index contributed by atoms with van der Waals surface area (Å²) < 4.78 is 10.7. The van der Waals surface area contributed by atoms with Crippen molar-refractivity contribution in [2.24, 2.45) is 0 Å². The van der Waals surface area contributed by atoms with Crippen LogP contribution in [0, 0.1) is 18.3 Å². The molecule has 1 heterocycles. The van der Waals surface area contributed by atoms with E-state index in [9.17, 15) is 4.79 Å². The van der Waals surface area contributed by atoms with Crippen molar-refractivity contribution < 1.29 is 14.3 Å². The van der Waals surface area contributed by atoms with Gasteiger partial charge in [-0.15, -0.1) is 0 Å². The highest BCUT2D eigenvalue weighted by atomic mass is 35.5. The summed E-state index contributed by atoms with van der Waals surface area (Å²) in [5, 5.41) is 10.1. The number of nitrogens with zero attached hydrogens (tertiary/aromatic N) is 2. The van der Waals surface area contributed by atoms with Crippen LogP contribution in [-0.2, 0) is 11.3 Å². The standard InChI is InChI=1S/C20H15ClN2O3/c1-12-14-5-3-4-6-16(14)23-17(19(12)20(24)25-2)11-26-18-8-7-13(10-22)9-15(18)21/h3-9H,11H2,1-2H3. The summed E-state index contributed by atoms with van der Waals surface area (Å²) in [6.07, 6.45) is 0. The summed E-state index contributed by atoms with van der Waals surface area (Å²) in [6.45, 7) is 1.90. The molecule has 0 spiro atoms. The normalized spacial score (nSPS) is 10.4. The Bertz CT molecular complexity index is 1040. The van der Waals surface area contributed by atoms with Crippen molar-refractivity contribution in [3.63, 3.8) is 0 Å². The number of aryl methyl sites for hydroxylation is 1. The van der Waals surface area contributed by atoms with Gasteiger partial charge in [0.15, 0.2) is 0 Å². The van der Waals surface area contributed by atoms with Gasteiger partial charge in [0.2, 0.25) is 0 Å². The lowest BCUT2D eigenvalue weighted by Gasteiger charge is -2.14. The first kappa shape index (κ1) is 17.7. The van der Waals surface area contributed by atoms with Gasteiger partial charge in [-0.05, 0) is 36.8 Å². The van der Waals surface area contributed by atoms with E-state index in [-0.39, 0.29) is 6.61 Å². The number of carbonyl (C=O) groups is 1. The lowest BCUT2D eigenvalue weighted by molar-refractivity contribution is 0.0596. The molecule has 0 unspecified atom stereocenters. The van der Waals surface area contributed by atoms with Gasteiger partial charge in [0, 0.05) is 5.39 Å². The van der Waals surface area contributed by atoms with Gasteiger partial charge in [-0.25, -0.2) is 9.78 Å². The smallest absolute Gasteiger partial charge is 0.340 e. The van der Waals surface area contributed by atoms with E-state index in [1.165, 1.54) is 13.2 Å². The maximum absolute atomic E-state index is 12.3. The Balaban J connectivity index is 2.01. The van der Waals surface area contributed by atoms with E-state index >= 15 is 0 Å². The molecule has 0 N–H and O–H groups in total. The summed E-state index contributed by atoms with van der Waals surface area (Å²) in [5.41, 5.74) is 2.84. The molecule has 0 saturated carbocycles. The number of rotatable bonds is 4. The molecule has 0 aliphatic rings. The van der Waals surface area contributed by atoms with Crippen LogP contribution >= 0.6 is 11.6 Å². The Morgan fingerprint density at radius 1 is 1.27 bits per heavy atom. The fraction of sp³-hybridized carbons (Fsp3) is 0.150. The number of methoxy groups -OCH3 is 1. The molecule has 0 amide bonds. The van der Waals surface area contributed by atoms with E-state index < -0.39 is 5.97 Å². The highest BCUT2D eigenvalue weighted by molar-refractivity contribution is 6.32. The van der Waals surface area contributed by atoms with Gasteiger partial charge in [0.05, 0.1) is 40.5 Å². The van der Waals surface area contributed by atoms with E-state index in [1.54, 1.807) is 12.1 Å². The van der Waals surface area contributed by atoms with E-state index in [1.807, 2.05) is 37.3 Å². The topological polar surface area (TPSA) is 72.2 Å². The first-order valence-corrected chi connectivity index (χ1v) is 8.22. The number of nitriles is 1. The summed E-state index contributed by atoms with van der Waals surface area (Å²) in [6, 6.07) is 14.3. The van der Waals surface area contributed by atoms with Crippen molar-refractivity contribution in [3.05, 3.63) is 69.9 Å². The monoisotopic (exact) mass is 366 g/mol. The van der Waals surface area contributed by atoms with Gasteiger partial charge in [-0.1, -0.05) is 29.8 Å². The third-order valence-corrected chi connectivity index (χ3v) is 4.34. The minimum atomic E-state index is -0.467. The Labute approximate surface area is 155 Å². The van der Waals surface area contributed by atoms with E-state index in [0.29, 0.717) is 27.6 Å². The molecule has 5 nitrogen and oxygen atoms in total. The largest absolute Gasteiger partial charge is 0.486 e. The molecule has 0 atom stereocenters. The Kier molecular flexibility index (Phi) is 5.06. The number of hydrogen-bond acceptors (Lipinski definition) is 5. The minimum Gasteiger partial charge on any atom is -0.486 e. The molecule has 0 aliphatic carbocycles. The predicted octanol–water partition coefficient (Wildman–Crippen LogP) is 4.43. The average molecular weight is 367 g/mol. The van der Waals surface area contributed by atoms with Crippen molar-refractivity contribution in [3.8, 4) is 11.8 Å². The predicted molar refractivity (Wildman–Crippen MR) is 98.3 cm³/mol. The molecule has 0 aliphatic heterocycles. The van der Waals surface area contributed by atoms with Crippen LogP contribution in [0.5, 0.6) is 5.75 Å². The quantitative estimate of drug-likeness (QED) is 0.638. The molecule has 0 saturated heterocycles. The van der Waals surface area contributed by atoms with Crippen molar-refractivity contribution in [2.75, 3.05) is 7.11 Å². The number of aromatic nitrogens is 1. The van der Waals surface area contributed by atoms with Gasteiger partial charge in [0.1, 0.15) is 12.4 Å². The Morgan fingerprint density at radius 2 is 2.04 bits per heavy atom. The number of pyridine rings is 1. The van der Waals surface area contributed by atoms with Crippen LogP contribution in [0.25, 0.3) is 10.9 Å². The number of benzene rings is 2. The zero-order valence-electron chi connectivity index (χ0n) is 14.2. The number of halogens is 1. The highest BCUT2D eigenvalue weighted by Gasteiger charge is 2.20. The Morgan fingerprint density at radius 3 is 2.73 bits per heavy atom. The zero-order chi connectivity index (χ0) is 18.7. The average Bonchev–Trinajstić information content (AvgIpc) is 2.66. The van der Waals surface area contributed by atoms with Crippen molar-refractivity contribution in [1.82, 2.24) is 4.98 Å². The van der Waals surface area contributed by atoms with Crippen LogP contribution in [0.15, 0.2) is 42.5 Å². The zero-order valence-corrected chi connectivity index (χ0v) is 15.0. The Hall–Kier alpha value is -3.10. The van der Waals surface area contributed by atoms with Crippen LogP contribution in [0.1, 0.15) is 27.2 Å².